The van der Waals surface area contributed by atoms with Crippen molar-refractivity contribution in [2.45, 2.75) is 25.6 Å². The summed E-state index contributed by atoms with van der Waals surface area (Å²) in [5, 5.41) is 10.1. The molecule has 2 atom stereocenters. The molecule has 1 N–H and O–H groups in total. The molecule has 0 bridgehead atoms. The van der Waals surface area contributed by atoms with Crippen LogP contribution in [-0.2, 0) is 10.3 Å². The lowest BCUT2D eigenvalue weighted by Gasteiger charge is -2.30. The molecule has 16 heavy (non-hydrogen) atoms. The van der Waals surface area contributed by atoms with Gasteiger partial charge in [-0.1, -0.05) is 0 Å². The van der Waals surface area contributed by atoms with Gasteiger partial charge in [0.15, 0.2) is 0 Å². The van der Waals surface area contributed by atoms with Gasteiger partial charge in [-0.15, -0.1) is 0 Å². The number of ether oxygens (including phenoxy) is 1. The van der Waals surface area contributed by atoms with Gasteiger partial charge < -0.3 is 9.84 Å². The highest BCUT2D eigenvalue weighted by Crippen LogP contribution is 2.33. The SMILES string of the molecule is COC(C)C(C)(O)c1c(F)ccc(Br)c1F. The molecule has 2 nitrogen and oxygen atoms in total. The lowest BCUT2D eigenvalue weighted by atomic mass is 9.90. The van der Waals surface area contributed by atoms with E-state index in [2.05, 4.69) is 15.9 Å². The van der Waals surface area contributed by atoms with Crippen LogP contribution in [0.25, 0.3) is 0 Å². The molecular formula is C11H13BrF2O2. The van der Waals surface area contributed by atoms with Gasteiger partial charge in [0.05, 0.1) is 16.1 Å². The molecule has 0 amide bonds. The topological polar surface area (TPSA) is 29.5 Å². The van der Waals surface area contributed by atoms with E-state index < -0.39 is 28.9 Å². The first-order chi connectivity index (χ1) is 7.32. The minimum Gasteiger partial charge on any atom is -0.383 e. The van der Waals surface area contributed by atoms with Crippen molar-refractivity contribution in [3.05, 3.63) is 33.8 Å². The van der Waals surface area contributed by atoms with Crippen LogP contribution in [0.5, 0.6) is 0 Å². The van der Waals surface area contributed by atoms with E-state index in [1.807, 2.05) is 0 Å². The summed E-state index contributed by atoms with van der Waals surface area (Å²) in [6, 6.07) is 2.35. The Morgan fingerprint density at radius 1 is 1.44 bits per heavy atom. The van der Waals surface area contributed by atoms with Crippen molar-refractivity contribution < 1.29 is 18.6 Å². The fourth-order valence-corrected chi connectivity index (χ4v) is 1.75. The maximum atomic E-state index is 13.8. The van der Waals surface area contributed by atoms with Gasteiger partial charge in [-0.25, -0.2) is 8.78 Å². The minimum atomic E-state index is -1.73. The second-order valence-electron chi connectivity index (χ2n) is 3.74. The number of aliphatic hydroxyl groups is 1. The van der Waals surface area contributed by atoms with E-state index in [-0.39, 0.29) is 4.47 Å². The number of hydrogen-bond donors (Lipinski definition) is 1. The number of hydrogen-bond acceptors (Lipinski definition) is 2. The molecule has 2 unspecified atom stereocenters. The number of rotatable bonds is 3. The van der Waals surface area contributed by atoms with Crippen molar-refractivity contribution in [2.24, 2.45) is 0 Å². The molecule has 1 aromatic rings. The van der Waals surface area contributed by atoms with Gasteiger partial charge in [-0.2, -0.15) is 0 Å². The van der Waals surface area contributed by atoms with E-state index in [1.54, 1.807) is 6.92 Å². The average Bonchev–Trinajstić information content (AvgIpc) is 2.22. The summed E-state index contributed by atoms with van der Waals surface area (Å²) in [5.41, 5.74) is -2.12. The molecule has 0 spiro atoms. The molecule has 0 saturated heterocycles. The van der Waals surface area contributed by atoms with E-state index in [0.717, 1.165) is 6.07 Å². The van der Waals surface area contributed by atoms with E-state index in [0.29, 0.717) is 0 Å². The molecule has 90 valence electrons. The summed E-state index contributed by atoms with van der Waals surface area (Å²) in [4.78, 5) is 0. The summed E-state index contributed by atoms with van der Waals surface area (Å²) in [6.45, 7) is 2.86. The Hall–Kier alpha value is -0.520. The summed E-state index contributed by atoms with van der Waals surface area (Å²) < 4.78 is 32.3. The molecule has 0 aliphatic carbocycles. The van der Waals surface area contributed by atoms with Gasteiger partial charge in [0, 0.05) is 7.11 Å². The molecule has 0 aromatic heterocycles. The smallest absolute Gasteiger partial charge is 0.146 e. The Morgan fingerprint density at radius 2 is 2.00 bits per heavy atom. The monoisotopic (exact) mass is 294 g/mol. The van der Waals surface area contributed by atoms with E-state index in [1.165, 1.54) is 20.1 Å². The van der Waals surface area contributed by atoms with E-state index in [4.69, 9.17) is 4.74 Å². The zero-order chi connectivity index (χ0) is 12.5. The standard InChI is InChI=1S/C11H13BrF2O2/c1-6(16-3)11(2,15)9-8(13)5-4-7(12)10(9)14/h4-6,15H,1-3H3. The van der Waals surface area contributed by atoms with Gasteiger partial charge in [0.1, 0.15) is 17.2 Å². The second-order valence-corrected chi connectivity index (χ2v) is 4.60. The molecule has 0 aliphatic heterocycles. The van der Waals surface area contributed by atoms with Crippen LogP contribution in [0.1, 0.15) is 19.4 Å². The predicted molar refractivity (Wildman–Crippen MR) is 60.1 cm³/mol. The highest BCUT2D eigenvalue weighted by molar-refractivity contribution is 9.10. The molecule has 5 heteroatoms. The van der Waals surface area contributed by atoms with Crippen molar-refractivity contribution in [2.75, 3.05) is 7.11 Å². The largest absolute Gasteiger partial charge is 0.383 e. The predicted octanol–water partition coefficient (Wildman–Crippen LogP) is 2.97. The molecule has 0 aliphatic rings. The third-order valence-corrected chi connectivity index (χ3v) is 3.31. The highest BCUT2D eigenvalue weighted by atomic mass is 79.9. The normalized spacial score (nSPS) is 16.9. The molecule has 0 fully saturated rings. The third kappa shape index (κ3) is 2.26. The van der Waals surface area contributed by atoms with Gasteiger partial charge >= 0.3 is 0 Å². The zero-order valence-electron chi connectivity index (χ0n) is 9.22. The van der Waals surface area contributed by atoms with Crippen molar-refractivity contribution >= 4 is 15.9 Å². The Morgan fingerprint density at radius 3 is 2.50 bits per heavy atom. The first-order valence-electron chi connectivity index (χ1n) is 4.71. The van der Waals surface area contributed by atoms with Crippen LogP contribution in [0.15, 0.2) is 16.6 Å². The Bertz CT molecular complexity index is 394. The quantitative estimate of drug-likeness (QED) is 0.869. The van der Waals surface area contributed by atoms with Crippen molar-refractivity contribution in [1.29, 1.82) is 0 Å². The van der Waals surface area contributed by atoms with Crippen molar-refractivity contribution in [3.63, 3.8) is 0 Å². The molecular weight excluding hydrogens is 282 g/mol. The Labute approximate surface area is 101 Å². The highest BCUT2D eigenvalue weighted by Gasteiger charge is 2.36. The maximum Gasteiger partial charge on any atom is 0.146 e. The lowest BCUT2D eigenvalue weighted by Crippen LogP contribution is -2.37. The summed E-state index contributed by atoms with van der Waals surface area (Å²) in [5.74, 6) is -1.61. The molecule has 0 heterocycles. The zero-order valence-corrected chi connectivity index (χ0v) is 10.8. The average molecular weight is 295 g/mol. The van der Waals surface area contributed by atoms with Crippen molar-refractivity contribution in [1.82, 2.24) is 0 Å². The second kappa shape index (κ2) is 4.77. The fourth-order valence-electron chi connectivity index (χ4n) is 1.42. The van der Waals surface area contributed by atoms with Crippen LogP contribution in [0.4, 0.5) is 8.78 Å². The van der Waals surface area contributed by atoms with Crippen LogP contribution in [0, 0.1) is 11.6 Å². The van der Waals surface area contributed by atoms with Crippen LogP contribution < -0.4 is 0 Å². The first kappa shape index (κ1) is 13.5. The van der Waals surface area contributed by atoms with E-state index >= 15 is 0 Å². The van der Waals surface area contributed by atoms with Crippen LogP contribution in [0.3, 0.4) is 0 Å². The lowest BCUT2D eigenvalue weighted by molar-refractivity contribution is -0.0811. The molecule has 1 rings (SSSR count). The molecule has 1 aromatic carbocycles. The Kier molecular flexibility index (Phi) is 4.04. The fraction of sp³-hybridized carbons (Fsp3) is 0.455. The third-order valence-electron chi connectivity index (χ3n) is 2.70. The first-order valence-corrected chi connectivity index (χ1v) is 5.50. The molecule has 0 saturated carbocycles. The summed E-state index contributed by atoms with van der Waals surface area (Å²) >= 11 is 2.95. The van der Waals surface area contributed by atoms with Gasteiger partial charge in [-0.05, 0) is 41.9 Å². The van der Waals surface area contributed by atoms with Gasteiger partial charge in [0.25, 0.3) is 0 Å². The van der Waals surface area contributed by atoms with Crippen LogP contribution in [-0.4, -0.2) is 18.3 Å². The minimum absolute atomic E-state index is 0.104. The van der Waals surface area contributed by atoms with Crippen LogP contribution >= 0.6 is 15.9 Å². The molecule has 0 radical (unpaired) electrons. The Balaban J connectivity index is 3.37. The van der Waals surface area contributed by atoms with Gasteiger partial charge in [-0.3, -0.25) is 0 Å². The maximum absolute atomic E-state index is 13.8. The van der Waals surface area contributed by atoms with Gasteiger partial charge in [0.2, 0.25) is 0 Å². The number of halogens is 3. The summed E-state index contributed by atoms with van der Waals surface area (Å²) in [7, 11) is 1.37. The number of methoxy groups -OCH3 is 1. The number of benzene rings is 1. The summed E-state index contributed by atoms with van der Waals surface area (Å²) in [6.07, 6.45) is -0.731. The van der Waals surface area contributed by atoms with E-state index in [9.17, 15) is 13.9 Å². The van der Waals surface area contributed by atoms with Crippen molar-refractivity contribution in [3.8, 4) is 0 Å². The van der Waals surface area contributed by atoms with Crippen LogP contribution in [0.2, 0.25) is 0 Å².